The molecule has 39 heavy (non-hydrogen) atoms. The van der Waals surface area contributed by atoms with Gasteiger partial charge in [-0.05, 0) is 80.0 Å². The largest absolute Gasteiger partial charge is 0.416 e. The number of rotatable bonds is 6. The normalized spacial score (nSPS) is 23.8. The number of nitrogens with one attached hydrogen (secondary N) is 1. The van der Waals surface area contributed by atoms with Crippen LogP contribution in [-0.2, 0) is 38.8 Å². The molecule has 0 radical (unpaired) electrons. The van der Waals surface area contributed by atoms with E-state index in [1.54, 1.807) is 16.9 Å². The van der Waals surface area contributed by atoms with Crippen LogP contribution in [0.5, 0.6) is 0 Å². The maximum atomic E-state index is 14.2. The first-order chi connectivity index (χ1) is 18.4. The fourth-order valence-corrected chi connectivity index (χ4v) is 6.40. The van der Waals surface area contributed by atoms with E-state index >= 15 is 0 Å². The molecule has 1 aromatic heterocycles. The molecule has 2 aliphatic carbocycles. The quantitative estimate of drug-likeness (QED) is 0.470. The van der Waals surface area contributed by atoms with Crippen molar-refractivity contribution in [1.82, 2.24) is 19.9 Å². The summed E-state index contributed by atoms with van der Waals surface area (Å²) in [5.41, 5.74) is 0.753. The van der Waals surface area contributed by atoms with Gasteiger partial charge in [0, 0.05) is 43.3 Å². The summed E-state index contributed by atoms with van der Waals surface area (Å²) >= 11 is 0. The number of halogens is 3. The van der Waals surface area contributed by atoms with E-state index in [1.807, 2.05) is 37.0 Å². The first-order valence-electron chi connectivity index (χ1n) is 13.3. The molecule has 2 aromatic carbocycles. The Morgan fingerprint density at radius 1 is 1.18 bits per heavy atom. The Labute approximate surface area is 225 Å². The Morgan fingerprint density at radius 2 is 1.92 bits per heavy atom. The number of anilines is 1. The molecule has 3 aromatic rings. The predicted octanol–water partition coefficient (Wildman–Crippen LogP) is 5.19. The number of aryl methyl sites for hydroxylation is 1. The Morgan fingerprint density at radius 3 is 2.51 bits per heavy atom. The van der Waals surface area contributed by atoms with Gasteiger partial charge in [0.15, 0.2) is 5.82 Å². The Bertz CT molecular complexity index is 1500. The second-order valence-corrected chi connectivity index (χ2v) is 11.6. The lowest BCUT2D eigenvalue weighted by atomic mass is 9.58. The monoisotopic (exact) mass is 536 g/mol. The molecule has 2 heterocycles. The fourth-order valence-electron chi connectivity index (χ4n) is 6.40. The topological polar surface area (TPSA) is 78.9 Å². The van der Waals surface area contributed by atoms with Crippen LogP contribution in [0.1, 0.15) is 77.5 Å². The number of hydrogen-bond acceptors (Lipinski definition) is 4. The lowest BCUT2D eigenvalue weighted by Crippen LogP contribution is -2.48. The molecule has 1 aliphatic heterocycles. The van der Waals surface area contributed by atoms with Crippen molar-refractivity contribution in [2.24, 2.45) is 20.0 Å². The van der Waals surface area contributed by atoms with Crippen molar-refractivity contribution >= 4 is 11.6 Å². The summed E-state index contributed by atoms with van der Waals surface area (Å²) in [7, 11) is 3.74. The van der Waals surface area contributed by atoms with E-state index in [0.29, 0.717) is 24.1 Å². The van der Waals surface area contributed by atoms with E-state index in [0.717, 1.165) is 30.7 Å². The minimum atomic E-state index is -4.57. The molecule has 204 valence electrons. The Balaban J connectivity index is 1.34. The highest BCUT2D eigenvalue weighted by atomic mass is 19.4. The third-order valence-electron chi connectivity index (χ3n) is 9.07. The van der Waals surface area contributed by atoms with E-state index < -0.39 is 23.1 Å². The molecule has 1 amide bonds. The summed E-state index contributed by atoms with van der Waals surface area (Å²) in [4.78, 5) is 16.7. The smallest absolute Gasteiger partial charge is 0.307 e. The number of aromatic nitrogens is 3. The van der Waals surface area contributed by atoms with Gasteiger partial charge < -0.3 is 10.2 Å². The minimum Gasteiger partial charge on any atom is -0.307 e. The van der Waals surface area contributed by atoms with E-state index in [4.69, 9.17) is 0 Å². The van der Waals surface area contributed by atoms with E-state index in [-0.39, 0.29) is 35.7 Å². The van der Waals surface area contributed by atoms with Gasteiger partial charge in [0.05, 0.1) is 23.6 Å². The fraction of sp³-hybridized carbons (Fsp3) is 0.483. The van der Waals surface area contributed by atoms with Crippen molar-refractivity contribution in [2.75, 3.05) is 4.90 Å². The van der Waals surface area contributed by atoms with Gasteiger partial charge in [0.1, 0.15) is 0 Å². The number of nitriles is 1. The lowest BCUT2D eigenvalue weighted by Gasteiger charge is -2.47. The van der Waals surface area contributed by atoms with Crippen LogP contribution in [0.3, 0.4) is 0 Å². The van der Waals surface area contributed by atoms with Crippen molar-refractivity contribution in [3.8, 4) is 6.07 Å². The summed E-state index contributed by atoms with van der Waals surface area (Å²) in [6, 6.07) is 12.5. The van der Waals surface area contributed by atoms with Gasteiger partial charge in [-0.3, -0.25) is 9.48 Å². The molecule has 0 bridgehead atoms. The molecule has 0 unspecified atom stereocenters. The van der Waals surface area contributed by atoms with Crippen molar-refractivity contribution in [3.63, 3.8) is 0 Å². The highest BCUT2D eigenvalue weighted by Gasteiger charge is 2.51. The number of hydrogen-bond donors (Lipinski definition) is 1. The number of carbonyl (C=O) groups is 1. The van der Waals surface area contributed by atoms with Gasteiger partial charge in [0.25, 0.3) is 5.91 Å². The second-order valence-electron chi connectivity index (χ2n) is 11.6. The maximum Gasteiger partial charge on any atom is 0.416 e. The van der Waals surface area contributed by atoms with Crippen molar-refractivity contribution in [3.05, 3.63) is 70.0 Å². The number of carbonyl (C=O) groups excluding carboxylic acids is 1. The van der Waals surface area contributed by atoms with Crippen LogP contribution in [0.2, 0.25) is 0 Å². The molecule has 10 heteroatoms. The van der Waals surface area contributed by atoms with Gasteiger partial charge in [-0.2, -0.15) is 18.4 Å². The number of benzene rings is 2. The summed E-state index contributed by atoms with van der Waals surface area (Å²) in [6.07, 6.45) is -0.283. The van der Waals surface area contributed by atoms with Crippen LogP contribution in [0.4, 0.5) is 18.9 Å². The molecule has 2 saturated carbocycles. The van der Waals surface area contributed by atoms with Crippen LogP contribution in [-0.4, -0.2) is 26.0 Å². The molecule has 1 N–H and O–H groups in total. The molecular weight excluding hydrogens is 505 g/mol. The molecule has 0 saturated heterocycles. The van der Waals surface area contributed by atoms with Crippen molar-refractivity contribution in [2.45, 2.75) is 69.2 Å². The zero-order valence-corrected chi connectivity index (χ0v) is 22.3. The second kappa shape index (κ2) is 8.71. The van der Waals surface area contributed by atoms with Crippen LogP contribution in [0.15, 0.2) is 36.4 Å². The van der Waals surface area contributed by atoms with Crippen LogP contribution < -0.4 is 10.2 Å². The zero-order valence-electron chi connectivity index (χ0n) is 22.3. The molecular formula is C29H31F3N6O. The third-order valence-corrected chi connectivity index (χ3v) is 9.07. The van der Waals surface area contributed by atoms with Gasteiger partial charge >= 0.3 is 6.18 Å². The Hall–Kier alpha value is -3.58. The number of amides is 1. The summed E-state index contributed by atoms with van der Waals surface area (Å²) < 4.78 is 44.5. The Kier molecular flexibility index (Phi) is 5.74. The number of nitrogens with zero attached hydrogens (tertiary/aromatic N) is 5. The van der Waals surface area contributed by atoms with Crippen molar-refractivity contribution in [1.29, 1.82) is 5.26 Å². The van der Waals surface area contributed by atoms with Crippen LogP contribution in [0, 0.1) is 17.2 Å². The standard InChI is InChI=1S/C29H31F3N6O/c1-27(8-5-9-27)34-16-18-10-22-23(24(11-18)29(30,31)32)17-38(25(22)39)21-7-4-6-20(12-21)28(13-19(14-28)15-33)26-35-37(3)36(26)2/h4,6-7,10-12,19,34H,5,8-9,13-14,16-17H2,1-3H3. The third kappa shape index (κ3) is 4.06. The highest BCUT2D eigenvalue weighted by molar-refractivity contribution is 6.10. The maximum absolute atomic E-state index is 14.2. The van der Waals surface area contributed by atoms with E-state index in [2.05, 4.69) is 23.4 Å². The molecule has 2 fully saturated rings. The van der Waals surface area contributed by atoms with E-state index in [9.17, 15) is 23.2 Å². The van der Waals surface area contributed by atoms with Gasteiger partial charge in [-0.25, -0.2) is 4.80 Å². The van der Waals surface area contributed by atoms with E-state index in [1.165, 1.54) is 11.0 Å². The molecule has 3 aliphatic rings. The molecule has 6 rings (SSSR count). The number of fused-ring (bicyclic) bond motifs is 1. The average Bonchev–Trinajstić information content (AvgIpc) is 3.20. The zero-order chi connectivity index (χ0) is 27.7. The van der Waals surface area contributed by atoms with Gasteiger partial charge in [-0.15, -0.1) is 5.10 Å². The molecule has 0 spiro atoms. The van der Waals surface area contributed by atoms with Crippen LogP contribution in [0.25, 0.3) is 0 Å². The van der Waals surface area contributed by atoms with Crippen molar-refractivity contribution < 1.29 is 18.0 Å². The average molecular weight is 537 g/mol. The summed E-state index contributed by atoms with van der Waals surface area (Å²) in [5.74, 6) is 0.318. The summed E-state index contributed by atoms with van der Waals surface area (Å²) in [6.45, 7) is 2.21. The first kappa shape index (κ1) is 25.7. The minimum absolute atomic E-state index is 0.0177. The first-order valence-corrected chi connectivity index (χ1v) is 13.3. The van der Waals surface area contributed by atoms with Gasteiger partial charge in [-0.1, -0.05) is 12.1 Å². The lowest BCUT2D eigenvalue weighted by molar-refractivity contribution is -0.138. The van der Waals surface area contributed by atoms with Crippen LogP contribution >= 0.6 is 0 Å². The predicted molar refractivity (Wildman–Crippen MR) is 139 cm³/mol. The highest BCUT2D eigenvalue weighted by Crippen LogP contribution is 2.52. The number of alkyl halides is 3. The van der Waals surface area contributed by atoms with Gasteiger partial charge in [0.2, 0.25) is 0 Å². The molecule has 0 atom stereocenters. The SMILES string of the molecule is Cn1nc(C2(c3cccc(N4Cc5c(cc(CNC6(C)CCC6)cc5C(F)(F)F)C4=O)c3)CC(C#N)C2)n1C. The summed E-state index contributed by atoms with van der Waals surface area (Å²) in [5, 5.41) is 17.4. The molecule has 7 nitrogen and oxygen atoms in total.